The molecule has 5 heterocycles. The monoisotopic (exact) mass is 553 g/mol. The zero-order chi connectivity index (χ0) is 28.0. The third-order valence-electron chi connectivity index (χ3n) is 6.43. The van der Waals surface area contributed by atoms with Crippen LogP contribution in [0.1, 0.15) is 36.9 Å². The van der Waals surface area contributed by atoms with Crippen LogP contribution in [-0.2, 0) is 4.79 Å². The zero-order valence-corrected chi connectivity index (χ0v) is 22.7. The summed E-state index contributed by atoms with van der Waals surface area (Å²) in [6.07, 6.45) is 5.11. The summed E-state index contributed by atoms with van der Waals surface area (Å²) >= 11 is 1.39. The highest BCUT2D eigenvalue weighted by Gasteiger charge is 2.21. The Bertz CT molecular complexity index is 1920. The number of fused-ring (bicyclic) bond motifs is 2. The van der Waals surface area contributed by atoms with Crippen LogP contribution in [0.25, 0.3) is 55.2 Å². The van der Waals surface area contributed by atoms with Crippen molar-refractivity contribution in [3.8, 4) is 33.1 Å². The molecule has 0 bridgehead atoms. The van der Waals surface area contributed by atoms with E-state index >= 15 is 4.39 Å². The molecular weight excluding hydrogens is 529 g/mol. The van der Waals surface area contributed by atoms with Gasteiger partial charge >= 0.3 is 0 Å². The smallest absolute Gasteiger partial charge is 0.224 e. The average molecular weight is 554 g/mol. The van der Waals surface area contributed by atoms with E-state index < -0.39 is 5.82 Å². The van der Waals surface area contributed by atoms with E-state index in [0.717, 1.165) is 10.4 Å². The molecule has 200 valence electrons. The molecule has 9 nitrogen and oxygen atoms in total. The molecule has 0 fully saturated rings. The molecule has 40 heavy (non-hydrogen) atoms. The molecule has 11 heteroatoms. The van der Waals surface area contributed by atoms with Crippen LogP contribution < -0.4 is 5.32 Å². The molecule has 6 aromatic rings. The molecule has 0 spiro atoms. The summed E-state index contributed by atoms with van der Waals surface area (Å²) in [5.74, 6) is -0.0526. The number of H-pyrrole nitrogens is 2. The number of benzene rings is 1. The highest BCUT2D eigenvalue weighted by Crippen LogP contribution is 2.36. The molecule has 3 N–H and O–H groups in total. The second-order valence-corrected chi connectivity index (χ2v) is 11.0. The van der Waals surface area contributed by atoms with E-state index in [4.69, 9.17) is 0 Å². The van der Waals surface area contributed by atoms with Gasteiger partial charge in [-0.15, -0.1) is 11.3 Å². The Morgan fingerprint density at radius 2 is 1.95 bits per heavy atom. The Kier molecular flexibility index (Phi) is 6.43. The van der Waals surface area contributed by atoms with E-state index in [1.165, 1.54) is 24.5 Å². The number of aromatic nitrogens is 6. The van der Waals surface area contributed by atoms with Crippen molar-refractivity contribution < 1.29 is 14.0 Å². The first kappa shape index (κ1) is 25.5. The number of nitrogens with one attached hydrogen (secondary N) is 3. The summed E-state index contributed by atoms with van der Waals surface area (Å²) in [5.41, 5.74) is 4.08. The molecular formula is C29H24FN7O2S. The van der Waals surface area contributed by atoms with Gasteiger partial charge in [-0.1, -0.05) is 13.8 Å². The molecule has 5 aromatic heterocycles. The maximum Gasteiger partial charge on any atom is 0.224 e. The summed E-state index contributed by atoms with van der Waals surface area (Å²) in [4.78, 5) is 42.1. The number of amides is 1. The fraction of sp³-hybridized carbons (Fsp3) is 0.172. The number of anilines is 1. The number of thiophene rings is 1. The van der Waals surface area contributed by atoms with E-state index in [1.54, 1.807) is 36.7 Å². The van der Waals surface area contributed by atoms with Gasteiger partial charge in [-0.25, -0.2) is 14.4 Å². The summed E-state index contributed by atoms with van der Waals surface area (Å²) < 4.78 is 16.1. The second-order valence-electron chi connectivity index (χ2n) is 9.89. The lowest BCUT2D eigenvalue weighted by atomic mass is 10.0. The van der Waals surface area contributed by atoms with Crippen molar-refractivity contribution in [2.75, 3.05) is 5.32 Å². The van der Waals surface area contributed by atoms with Crippen molar-refractivity contribution in [1.29, 1.82) is 0 Å². The lowest BCUT2D eigenvalue weighted by Gasteiger charge is -2.09. The van der Waals surface area contributed by atoms with Gasteiger partial charge in [-0.2, -0.15) is 5.10 Å². The molecule has 0 saturated carbocycles. The molecule has 0 unspecified atom stereocenters. The normalized spacial score (nSPS) is 11.5. The number of hydrogen-bond donors (Lipinski definition) is 3. The van der Waals surface area contributed by atoms with Crippen LogP contribution in [0.2, 0.25) is 0 Å². The number of pyridine rings is 2. The number of hydrogen-bond acceptors (Lipinski definition) is 7. The maximum atomic E-state index is 16.1. The molecule has 1 amide bonds. The van der Waals surface area contributed by atoms with Gasteiger partial charge in [-0.3, -0.25) is 19.7 Å². The first-order valence-corrected chi connectivity index (χ1v) is 13.5. The van der Waals surface area contributed by atoms with Crippen molar-refractivity contribution >= 4 is 50.8 Å². The van der Waals surface area contributed by atoms with E-state index in [0.29, 0.717) is 56.3 Å². The van der Waals surface area contributed by atoms with Crippen LogP contribution in [0.5, 0.6) is 0 Å². The Morgan fingerprint density at radius 3 is 2.73 bits per heavy atom. The lowest BCUT2D eigenvalue weighted by molar-refractivity contribution is -0.116. The molecule has 0 aliphatic carbocycles. The largest absolute Gasteiger partial charge is 0.335 e. The highest BCUT2D eigenvalue weighted by atomic mass is 32.1. The van der Waals surface area contributed by atoms with Crippen LogP contribution in [-0.4, -0.2) is 41.8 Å². The van der Waals surface area contributed by atoms with Gasteiger partial charge in [0.2, 0.25) is 5.91 Å². The van der Waals surface area contributed by atoms with Crippen molar-refractivity contribution in [3.05, 3.63) is 65.7 Å². The summed E-state index contributed by atoms with van der Waals surface area (Å²) in [6, 6.07) is 10.6. The van der Waals surface area contributed by atoms with Crippen LogP contribution in [0, 0.1) is 11.7 Å². The number of ketones is 1. The Hall–Kier alpha value is -4.77. The predicted molar refractivity (Wildman–Crippen MR) is 154 cm³/mol. The summed E-state index contributed by atoms with van der Waals surface area (Å²) in [7, 11) is 0. The fourth-order valence-electron chi connectivity index (χ4n) is 4.61. The number of rotatable bonds is 7. The minimum atomic E-state index is -0.494. The maximum absolute atomic E-state index is 16.1. The number of carbonyl (C=O) groups excluding carboxylic acids is 2. The topological polar surface area (TPSA) is 129 Å². The third kappa shape index (κ3) is 4.64. The molecule has 6 rings (SSSR count). The molecule has 0 atom stereocenters. The van der Waals surface area contributed by atoms with Crippen molar-refractivity contribution in [2.45, 2.75) is 27.2 Å². The predicted octanol–water partition coefficient (Wildman–Crippen LogP) is 6.62. The Morgan fingerprint density at radius 1 is 1.10 bits per heavy atom. The first-order valence-electron chi connectivity index (χ1n) is 12.7. The van der Waals surface area contributed by atoms with Crippen molar-refractivity contribution in [2.24, 2.45) is 5.92 Å². The number of imidazole rings is 1. The van der Waals surface area contributed by atoms with Gasteiger partial charge in [0.05, 0.1) is 33.2 Å². The van der Waals surface area contributed by atoms with E-state index in [2.05, 4.69) is 35.5 Å². The van der Waals surface area contributed by atoms with Gasteiger partial charge in [0, 0.05) is 40.4 Å². The van der Waals surface area contributed by atoms with Gasteiger partial charge in [0.1, 0.15) is 11.5 Å². The van der Waals surface area contributed by atoms with Gasteiger partial charge < -0.3 is 10.3 Å². The average Bonchev–Trinajstić information content (AvgIpc) is 3.66. The first-order chi connectivity index (χ1) is 19.3. The number of halogens is 1. The van der Waals surface area contributed by atoms with Crippen LogP contribution >= 0.6 is 11.3 Å². The number of Topliss-reactive ketones (excluding diaryl/α,β-unsaturated/α-hetero) is 1. The quantitative estimate of drug-likeness (QED) is 0.191. The fourth-order valence-corrected chi connectivity index (χ4v) is 5.54. The standard InChI is InChI=1S/C29H24FN7O2S/c1-14(2)10-23(39)33-17-11-16(12-31-13-17)18-4-5-20-24(25(18)30)27(37-36-20)29-34-26-19(8-9-32-28(26)35-29)22-7-6-21(40-22)15(3)38/h4-9,11-14H,10H2,1-3H3,(H,33,39)(H,36,37)(H,32,34,35). The Labute approximate surface area is 231 Å². The minimum absolute atomic E-state index is 0.000188. The molecule has 0 saturated heterocycles. The zero-order valence-electron chi connectivity index (χ0n) is 21.9. The molecule has 0 aliphatic rings. The number of aromatic amines is 2. The van der Waals surface area contributed by atoms with Crippen LogP contribution in [0.4, 0.5) is 10.1 Å². The SMILES string of the molecule is CC(=O)c1ccc(-c2ccnc3nc(-c4n[nH]c5ccc(-c6cncc(NC(=O)CC(C)C)c6)c(F)c45)[nH]c23)s1. The van der Waals surface area contributed by atoms with E-state index in [1.807, 2.05) is 26.0 Å². The molecule has 0 radical (unpaired) electrons. The van der Waals surface area contributed by atoms with Crippen molar-refractivity contribution in [3.63, 3.8) is 0 Å². The summed E-state index contributed by atoms with van der Waals surface area (Å²) in [6.45, 7) is 5.46. The lowest BCUT2D eigenvalue weighted by Crippen LogP contribution is -2.14. The van der Waals surface area contributed by atoms with Crippen LogP contribution in [0.3, 0.4) is 0 Å². The highest BCUT2D eigenvalue weighted by molar-refractivity contribution is 7.17. The number of nitrogens with zero attached hydrogens (tertiary/aromatic N) is 4. The van der Waals surface area contributed by atoms with Gasteiger partial charge in [-0.05, 0) is 49.2 Å². The second kappa shape index (κ2) is 10.1. The number of carbonyl (C=O) groups is 2. The minimum Gasteiger partial charge on any atom is -0.335 e. The van der Waals surface area contributed by atoms with Gasteiger partial charge in [0.15, 0.2) is 17.3 Å². The van der Waals surface area contributed by atoms with E-state index in [-0.39, 0.29) is 23.0 Å². The van der Waals surface area contributed by atoms with Gasteiger partial charge in [0.25, 0.3) is 0 Å². The third-order valence-corrected chi connectivity index (χ3v) is 7.65. The summed E-state index contributed by atoms with van der Waals surface area (Å²) in [5, 5.41) is 10.4. The molecule has 1 aromatic carbocycles. The van der Waals surface area contributed by atoms with Crippen LogP contribution in [0.15, 0.2) is 55.0 Å². The van der Waals surface area contributed by atoms with E-state index in [9.17, 15) is 9.59 Å². The Balaban J connectivity index is 1.41. The van der Waals surface area contributed by atoms with Crippen molar-refractivity contribution in [1.82, 2.24) is 30.1 Å². The molecule has 0 aliphatic heterocycles.